The largest absolute Gasteiger partial charge is 0.355 e. The van der Waals surface area contributed by atoms with E-state index in [1.54, 1.807) is 6.07 Å². The van der Waals surface area contributed by atoms with E-state index in [2.05, 4.69) is 10.6 Å². The van der Waals surface area contributed by atoms with E-state index >= 15 is 0 Å². The van der Waals surface area contributed by atoms with Crippen molar-refractivity contribution < 1.29 is 14.0 Å². The van der Waals surface area contributed by atoms with Gasteiger partial charge >= 0.3 is 0 Å². The maximum Gasteiger partial charge on any atom is 0.225 e. The van der Waals surface area contributed by atoms with Crippen molar-refractivity contribution >= 4 is 23.4 Å². The Morgan fingerprint density at radius 3 is 2.95 bits per heavy atom. The van der Waals surface area contributed by atoms with Crippen LogP contribution in [0, 0.1) is 11.7 Å². The first-order chi connectivity index (χ1) is 9.06. The van der Waals surface area contributed by atoms with E-state index in [-0.39, 0.29) is 22.8 Å². The number of carbonyl (C=O) groups is 2. The topological polar surface area (TPSA) is 58.2 Å². The first-order valence-electron chi connectivity index (χ1n) is 6.04. The lowest BCUT2D eigenvalue weighted by Crippen LogP contribution is -2.42. The summed E-state index contributed by atoms with van der Waals surface area (Å²) in [7, 11) is 0. The van der Waals surface area contributed by atoms with Crippen LogP contribution in [0.2, 0.25) is 5.02 Å². The van der Waals surface area contributed by atoms with Crippen LogP contribution < -0.4 is 10.6 Å². The summed E-state index contributed by atoms with van der Waals surface area (Å²) < 4.78 is 13.0. The maximum absolute atomic E-state index is 13.0. The molecule has 2 amide bonds. The molecule has 102 valence electrons. The zero-order chi connectivity index (χ0) is 13.8. The van der Waals surface area contributed by atoms with Gasteiger partial charge in [0.05, 0.1) is 10.9 Å². The summed E-state index contributed by atoms with van der Waals surface area (Å²) in [6.45, 7) is 0.665. The number of halogens is 2. The van der Waals surface area contributed by atoms with E-state index in [0.29, 0.717) is 25.9 Å². The molecule has 0 bridgehead atoms. The number of hydrogen-bond donors (Lipinski definition) is 2. The van der Waals surface area contributed by atoms with Gasteiger partial charge in [-0.25, -0.2) is 4.39 Å². The third-order valence-corrected chi connectivity index (χ3v) is 3.38. The number of amides is 2. The number of nitrogens with one attached hydrogen (secondary N) is 2. The average Bonchev–Trinajstić information content (AvgIpc) is 2.40. The Bertz CT molecular complexity index is 497. The molecule has 19 heavy (non-hydrogen) atoms. The summed E-state index contributed by atoms with van der Waals surface area (Å²) >= 11 is 5.66. The Hall–Kier alpha value is -1.62. The monoisotopic (exact) mass is 284 g/mol. The van der Waals surface area contributed by atoms with Crippen LogP contribution in [0.4, 0.5) is 4.39 Å². The van der Waals surface area contributed by atoms with E-state index in [0.717, 1.165) is 5.56 Å². The fraction of sp³-hybridized carbons (Fsp3) is 0.385. The number of hydrogen-bond acceptors (Lipinski definition) is 2. The first-order valence-corrected chi connectivity index (χ1v) is 6.42. The molecule has 2 rings (SSSR count). The second kappa shape index (κ2) is 6.02. The number of rotatable bonds is 3. The van der Waals surface area contributed by atoms with E-state index in [1.165, 1.54) is 12.1 Å². The van der Waals surface area contributed by atoms with Gasteiger partial charge in [-0.15, -0.1) is 0 Å². The van der Waals surface area contributed by atoms with Crippen molar-refractivity contribution in [3.63, 3.8) is 0 Å². The van der Waals surface area contributed by atoms with E-state index in [1.807, 2.05) is 0 Å². The molecule has 4 nitrogen and oxygen atoms in total. The Kier molecular flexibility index (Phi) is 4.37. The predicted octanol–water partition coefficient (Wildman–Crippen LogP) is 1.62. The van der Waals surface area contributed by atoms with Gasteiger partial charge in [0.25, 0.3) is 0 Å². The minimum absolute atomic E-state index is 0.0191. The molecule has 1 fully saturated rings. The number of carbonyl (C=O) groups excluding carboxylic acids is 2. The standard InChI is InChI=1S/C13H14ClFN2O2/c14-10-5-8(1-3-11(10)15)6-17-13(19)9-2-4-12(18)16-7-9/h1,3,5,9H,2,4,6-7H2,(H,16,18)(H,17,19). The SMILES string of the molecule is O=C1CCC(C(=O)NCc2ccc(F)c(Cl)c2)CN1. The molecule has 1 unspecified atom stereocenters. The summed E-state index contributed by atoms with van der Waals surface area (Å²) in [6, 6.07) is 4.33. The Balaban J connectivity index is 1.86. The number of benzene rings is 1. The molecule has 1 aromatic rings. The highest BCUT2D eigenvalue weighted by Crippen LogP contribution is 2.16. The lowest BCUT2D eigenvalue weighted by atomic mass is 9.98. The molecule has 0 aliphatic carbocycles. The zero-order valence-electron chi connectivity index (χ0n) is 10.2. The summed E-state index contributed by atoms with van der Waals surface area (Å²) in [6.07, 6.45) is 0.933. The second-order valence-corrected chi connectivity index (χ2v) is 4.91. The molecular formula is C13H14ClFN2O2. The van der Waals surface area contributed by atoms with Crippen molar-refractivity contribution in [3.8, 4) is 0 Å². The van der Waals surface area contributed by atoms with Gasteiger partial charge in [0.2, 0.25) is 11.8 Å². The quantitative estimate of drug-likeness (QED) is 0.886. The average molecular weight is 285 g/mol. The molecule has 1 heterocycles. The lowest BCUT2D eigenvalue weighted by Gasteiger charge is -2.21. The van der Waals surface area contributed by atoms with Gasteiger partial charge in [0.15, 0.2) is 0 Å². The van der Waals surface area contributed by atoms with Gasteiger partial charge < -0.3 is 10.6 Å². The van der Waals surface area contributed by atoms with Gasteiger partial charge in [-0.05, 0) is 24.1 Å². The summed E-state index contributed by atoms with van der Waals surface area (Å²) in [5.74, 6) is -0.810. The Labute approximate surface area is 115 Å². The van der Waals surface area contributed by atoms with Crippen LogP contribution in [0.5, 0.6) is 0 Å². The lowest BCUT2D eigenvalue weighted by molar-refractivity contribution is -0.129. The fourth-order valence-electron chi connectivity index (χ4n) is 1.94. The maximum atomic E-state index is 13.0. The predicted molar refractivity (Wildman–Crippen MR) is 69.0 cm³/mol. The molecule has 6 heteroatoms. The fourth-order valence-corrected chi connectivity index (χ4v) is 2.14. The van der Waals surface area contributed by atoms with E-state index < -0.39 is 5.82 Å². The molecule has 1 atom stereocenters. The number of piperidine rings is 1. The van der Waals surface area contributed by atoms with Crippen LogP contribution >= 0.6 is 11.6 Å². The minimum Gasteiger partial charge on any atom is -0.355 e. The molecular weight excluding hydrogens is 271 g/mol. The van der Waals surface area contributed by atoms with Crippen molar-refractivity contribution in [2.45, 2.75) is 19.4 Å². The Morgan fingerprint density at radius 2 is 2.32 bits per heavy atom. The van der Waals surface area contributed by atoms with Gasteiger partial charge in [-0.3, -0.25) is 9.59 Å². The van der Waals surface area contributed by atoms with Crippen molar-refractivity contribution in [2.75, 3.05) is 6.54 Å². The van der Waals surface area contributed by atoms with Crippen LogP contribution in [-0.2, 0) is 16.1 Å². The molecule has 1 aliphatic heterocycles. The Morgan fingerprint density at radius 1 is 1.53 bits per heavy atom. The molecule has 1 aliphatic rings. The summed E-state index contributed by atoms with van der Waals surface area (Å²) in [5.41, 5.74) is 0.736. The van der Waals surface area contributed by atoms with Gasteiger partial charge in [0.1, 0.15) is 5.82 Å². The molecule has 0 spiro atoms. The normalized spacial score (nSPS) is 18.8. The van der Waals surface area contributed by atoms with Crippen LogP contribution in [-0.4, -0.2) is 18.4 Å². The summed E-state index contributed by atoms with van der Waals surface area (Å²) in [4.78, 5) is 22.8. The van der Waals surface area contributed by atoms with Crippen LogP contribution in [0.15, 0.2) is 18.2 Å². The van der Waals surface area contributed by atoms with Crippen molar-refractivity contribution in [2.24, 2.45) is 5.92 Å². The smallest absolute Gasteiger partial charge is 0.225 e. The van der Waals surface area contributed by atoms with Gasteiger partial charge in [-0.1, -0.05) is 17.7 Å². The zero-order valence-corrected chi connectivity index (χ0v) is 11.0. The van der Waals surface area contributed by atoms with E-state index in [9.17, 15) is 14.0 Å². The molecule has 0 saturated carbocycles. The highest BCUT2D eigenvalue weighted by atomic mass is 35.5. The molecule has 0 aromatic heterocycles. The highest BCUT2D eigenvalue weighted by Gasteiger charge is 2.23. The third-order valence-electron chi connectivity index (χ3n) is 3.09. The van der Waals surface area contributed by atoms with Crippen LogP contribution in [0.25, 0.3) is 0 Å². The minimum atomic E-state index is -0.480. The molecule has 2 N–H and O–H groups in total. The first kappa shape index (κ1) is 13.8. The van der Waals surface area contributed by atoms with Gasteiger partial charge in [0, 0.05) is 19.5 Å². The molecule has 1 aromatic carbocycles. The van der Waals surface area contributed by atoms with Gasteiger partial charge in [-0.2, -0.15) is 0 Å². The van der Waals surface area contributed by atoms with Crippen LogP contribution in [0.1, 0.15) is 18.4 Å². The van der Waals surface area contributed by atoms with Crippen molar-refractivity contribution in [1.82, 2.24) is 10.6 Å². The summed E-state index contributed by atoms with van der Waals surface area (Å²) in [5, 5.41) is 5.45. The highest BCUT2D eigenvalue weighted by molar-refractivity contribution is 6.30. The molecule has 0 radical (unpaired) electrons. The van der Waals surface area contributed by atoms with Crippen LogP contribution in [0.3, 0.4) is 0 Å². The van der Waals surface area contributed by atoms with Crippen molar-refractivity contribution in [3.05, 3.63) is 34.6 Å². The second-order valence-electron chi connectivity index (χ2n) is 4.51. The molecule has 1 saturated heterocycles. The third kappa shape index (κ3) is 3.67. The van der Waals surface area contributed by atoms with Crippen molar-refractivity contribution in [1.29, 1.82) is 0 Å². The van der Waals surface area contributed by atoms with E-state index in [4.69, 9.17) is 11.6 Å².